The van der Waals surface area contributed by atoms with Crippen molar-refractivity contribution in [3.8, 4) is 0 Å². The number of nitrogens with zero attached hydrogens (tertiary/aromatic N) is 1. The van der Waals surface area contributed by atoms with Crippen molar-refractivity contribution in [3.63, 3.8) is 0 Å². The highest BCUT2D eigenvalue weighted by Gasteiger charge is 2.25. The Hall–Kier alpha value is -1.82. The van der Waals surface area contributed by atoms with Gasteiger partial charge in [-0.1, -0.05) is 0 Å². The quantitative estimate of drug-likeness (QED) is 0.586. The third kappa shape index (κ3) is 3.57. The van der Waals surface area contributed by atoms with Crippen LogP contribution in [0.2, 0.25) is 0 Å². The maximum Gasteiger partial charge on any atom is 0.224 e. The summed E-state index contributed by atoms with van der Waals surface area (Å²) in [7, 11) is 2.05. The van der Waals surface area contributed by atoms with E-state index < -0.39 is 0 Å². The molecule has 3 N–H and O–H groups in total. The maximum atomic E-state index is 11.8. The lowest BCUT2D eigenvalue weighted by Crippen LogP contribution is -2.46. The minimum Gasteiger partial charge on any atom is -0.381 e. The first-order valence-electron chi connectivity index (χ1n) is 6.45. The standard InChI is InChI=1S/C13H20N4O2/c1-9-12(15-8-18)4-11(5-14-9)16-13(19)3-10-6-17(2)7-10/h4-5,8-10,14H,3,6-7H2,1-2H3,(H,15,18)(H,16,19). The van der Waals surface area contributed by atoms with Gasteiger partial charge in [0.05, 0.1) is 11.7 Å². The van der Waals surface area contributed by atoms with E-state index in [4.69, 9.17) is 0 Å². The normalized spacial score (nSPS) is 23.6. The van der Waals surface area contributed by atoms with Crippen LogP contribution < -0.4 is 16.0 Å². The smallest absolute Gasteiger partial charge is 0.224 e. The highest BCUT2D eigenvalue weighted by atomic mass is 16.1. The lowest BCUT2D eigenvalue weighted by atomic mass is 9.97. The summed E-state index contributed by atoms with van der Waals surface area (Å²) in [6, 6.07) is 0.0335. The molecule has 0 aromatic carbocycles. The molecule has 0 aliphatic carbocycles. The molecule has 0 aromatic heterocycles. The Labute approximate surface area is 112 Å². The Kier molecular flexibility index (Phi) is 4.21. The number of allylic oxidation sites excluding steroid dienone is 1. The summed E-state index contributed by atoms with van der Waals surface area (Å²) in [6.07, 6.45) is 4.71. The molecule has 1 unspecified atom stereocenters. The molecule has 0 spiro atoms. The summed E-state index contributed by atoms with van der Waals surface area (Å²) in [4.78, 5) is 24.5. The number of nitrogens with one attached hydrogen (secondary N) is 3. The molecule has 19 heavy (non-hydrogen) atoms. The minimum absolute atomic E-state index is 0.0161. The Balaban J connectivity index is 1.85. The third-order valence-electron chi connectivity index (χ3n) is 3.39. The van der Waals surface area contributed by atoms with Gasteiger partial charge in [0.25, 0.3) is 0 Å². The van der Waals surface area contributed by atoms with Crippen molar-refractivity contribution in [2.24, 2.45) is 5.92 Å². The van der Waals surface area contributed by atoms with Crippen molar-refractivity contribution in [1.29, 1.82) is 0 Å². The third-order valence-corrected chi connectivity index (χ3v) is 3.39. The van der Waals surface area contributed by atoms with Crippen LogP contribution in [-0.2, 0) is 9.59 Å². The first-order valence-corrected chi connectivity index (χ1v) is 6.45. The molecule has 0 aromatic rings. The predicted octanol–water partition coefficient (Wildman–Crippen LogP) is -0.483. The summed E-state index contributed by atoms with van der Waals surface area (Å²) in [5.74, 6) is 0.472. The highest BCUT2D eigenvalue weighted by molar-refractivity contribution is 5.79. The Morgan fingerprint density at radius 1 is 1.58 bits per heavy atom. The number of likely N-dealkylation sites (tertiary alicyclic amines) is 1. The molecule has 0 radical (unpaired) electrons. The zero-order valence-electron chi connectivity index (χ0n) is 11.3. The lowest BCUT2D eigenvalue weighted by molar-refractivity contribution is -0.122. The van der Waals surface area contributed by atoms with Gasteiger partial charge in [-0.05, 0) is 26.0 Å². The molecular weight excluding hydrogens is 244 g/mol. The van der Waals surface area contributed by atoms with E-state index in [0.29, 0.717) is 24.4 Å². The number of rotatable bonds is 5. The van der Waals surface area contributed by atoms with E-state index in [1.54, 1.807) is 12.3 Å². The molecule has 1 atom stereocenters. The zero-order chi connectivity index (χ0) is 13.8. The van der Waals surface area contributed by atoms with Gasteiger partial charge >= 0.3 is 0 Å². The molecule has 0 bridgehead atoms. The number of hydrogen-bond acceptors (Lipinski definition) is 4. The van der Waals surface area contributed by atoms with Crippen LogP contribution in [-0.4, -0.2) is 43.4 Å². The second-order valence-electron chi connectivity index (χ2n) is 5.19. The van der Waals surface area contributed by atoms with Crippen LogP contribution in [0.25, 0.3) is 0 Å². The molecule has 2 rings (SSSR count). The molecule has 6 nitrogen and oxygen atoms in total. The molecule has 6 heteroatoms. The summed E-state index contributed by atoms with van der Waals surface area (Å²) < 4.78 is 0. The number of dihydropyridines is 1. The van der Waals surface area contributed by atoms with E-state index >= 15 is 0 Å². The first-order chi connectivity index (χ1) is 9.08. The fourth-order valence-electron chi connectivity index (χ4n) is 2.38. The maximum absolute atomic E-state index is 11.8. The molecule has 0 saturated carbocycles. The van der Waals surface area contributed by atoms with Crippen LogP contribution in [0, 0.1) is 5.92 Å². The predicted molar refractivity (Wildman–Crippen MR) is 71.7 cm³/mol. The SMILES string of the molecule is CC1NC=C(NC(=O)CC2CN(C)C2)C=C1NC=O. The van der Waals surface area contributed by atoms with Crippen LogP contribution in [0.3, 0.4) is 0 Å². The van der Waals surface area contributed by atoms with Gasteiger partial charge in [-0.3, -0.25) is 9.59 Å². The van der Waals surface area contributed by atoms with Crippen molar-refractivity contribution < 1.29 is 9.59 Å². The van der Waals surface area contributed by atoms with E-state index in [1.165, 1.54) is 0 Å². The topological polar surface area (TPSA) is 73.5 Å². The molecule has 2 amide bonds. The molecular formula is C13H20N4O2. The van der Waals surface area contributed by atoms with E-state index in [0.717, 1.165) is 18.8 Å². The fourth-order valence-corrected chi connectivity index (χ4v) is 2.38. The molecule has 2 aliphatic rings. The van der Waals surface area contributed by atoms with Crippen LogP contribution in [0.4, 0.5) is 0 Å². The van der Waals surface area contributed by atoms with Gasteiger partial charge in [0, 0.05) is 31.4 Å². The van der Waals surface area contributed by atoms with Gasteiger partial charge in [-0.2, -0.15) is 0 Å². The highest BCUT2D eigenvalue weighted by Crippen LogP contribution is 2.17. The van der Waals surface area contributed by atoms with Crippen LogP contribution in [0.15, 0.2) is 23.7 Å². The second-order valence-corrected chi connectivity index (χ2v) is 5.19. The van der Waals surface area contributed by atoms with Gasteiger partial charge in [-0.25, -0.2) is 0 Å². The summed E-state index contributed by atoms with van der Waals surface area (Å²) in [6.45, 7) is 3.90. The average Bonchev–Trinajstić information content (AvgIpc) is 2.32. The van der Waals surface area contributed by atoms with Crippen molar-refractivity contribution >= 4 is 12.3 Å². The Morgan fingerprint density at radius 3 is 2.95 bits per heavy atom. The van der Waals surface area contributed by atoms with Crippen LogP contribution in [0.1, 0.15) is 13.3 Å². The van der Waals surface area contributed by atoms with Crippen molar-refractivity contribution in [3.05, 3.63) is 23.7 Å². The Bertz CT molecular complexity index is 424. The van der Waals surface area contributed by atoms with Crippen molar-refractivity contribution in [2.75, 3.05) is 20.1 Å². The van der Waals surface area contributed by atoms with Crippen LogP contribution >= 0.6 is 0 Å². The summed E-state index contributed by atoms with van der Waals surface area (Å²) in [5.41, 5.74) is 1.43. The van der Waals surface area contributed by atoms with Gasteiger partial charge < -0.3 is 20.9 Å². The average molecular weight is 264 g/mol. The monoisotopic (exact) mass is 264 g/mol. The number of amides is 2. The molecule has 2 aliphatic heterocycles. The van der Waals surface area contributed by atoms with E-state index in [2.05, 4.69) is 20.9 Å². The van der Waals surface area contributed by atoms with Crippen LogP contribution in [0.5, 0.6) is 0 Å². The summed E-state index contributed by atoms with van der Waals surface area (Å²) >= 11 is 0. The number of hydrogen-bond donors (Lipinski definition) is 3. The van der Waals surface area contributed by atoms with Crippen molar-refractivity contribution in [2.45, 2.75) is 19.4 Å². The minimum atomic E-state index is 0.0161. The Morgan fingerprint density at radius 2 is 2.32 bits per heavy atom. The lowest BCUT2D eigenvalue weighted by Gasteiger charge is -2.35. The first kappa shape index (κ1) is 13.6. The van der Waals surface area contributed by atoms with Gasteiger partial charge in [-0.15, -0.1) is 0 Å². The van der Waals surface area contributed by atoms with E-state index in [1.807, 2.05) is 14.0 Å². The molecule has 2 heterocycles. The molecule has 1 fully saturated rings. The number of carbonyl (C=O) groups is 2. The molecule has 104 valence electrons. The van der Waals surface area contributed by atoms with E-state index in [-0.39, 0.29) is 11.9 Å². The molecule has 1 saturated heterocycles. The van der Waals surface area contributed by atoms with Gasteiger partial charge in [0.1, 0.15) is 0 Å². The zero-order valence-corrected chi connectivity index (χ0v) is 11.3. The van der Waals surface area contributed by atoms with E-state index in [9.17, 15) is 9.59 Å². The second kappa shape index (κ2) is 5.88. The van der Waals surface area contributed by atoms with Crippen molar-refractivity contribution in [1.82, 2.24) is 20.9 Å². The summed E-state index contributed by atoms with van der Waals surface area (Å²) in [5, 5.41) is 8.56. The largest absolute Gasteiger partial charge is 0.381 e. The van der Waals surface area contributed by atoms with Gasteiger partial charge in [0.15, 0.2) is 0 Å². The van der Waals surface area contributed by atoms with Gasteiger partial charge in [0.2, 0.25) is 12.3 Å². The fraction of sp³-hybridized carbons (Fsp3) is 0.538. The number of carbonyl (C=O) groups excluding carboxylic acids is 2.